The number of aryl methyl sites for hydroxylation is 1. The molecule has 9 heteroatoms. The molecule has 1 aromatic rings. The highest BCUT2D eigenvalue weighted by Crippen LogP contribution is 2.34. The summed E-state index contributed by atoms with van der Waals surface area (Å²) >= 11 is 0. The predicted octanol–water partition coefficient (Wildman–Crippen LogP) is 1.97. The number of rotatable bonds is 6. The van der Waals surface area contributed by atoms with Crippen molar-refractivity contribution in [2.24, 2.45) is 11.1 Å². The summed E-state index contributed by atoms with van der Waals surface area (Å²) in [4.78, 5) is 16.7. The minimum absolute atomic E-state index is 0.220. The molecule has 2 rings (SSSR count). The lowest BCUT2D eigenvalue weighted by Crippen LogP contribution is -2.41. The summed E-state index contributed by atoms with van der Waals surface area (Å²) in [5.41, 5.74) is 0.380. The van der Waals surface area contributed by atoms with Crippen LogP contribution in [0.15, 0.2) is 17.2 Å². The zero-order chi connectivity index (χ0) is 18.8. The molecule has 0 saturated carbocycles. The van der Waals surface area contributed by atoms with Crippen molar-refractivity contribution in [3.63, 3.8) is 0 Å². The highest BCUT2D eigenvalue weighted by Gasteiger charge is 2.40. The lowest BCUT2D eigenvalue weighted by molar-refractivity contribution is 0.117. The van der Waals surface area contributed by atoms with Gasteiger partial charge in [-0.2, -0.15) is 0 Å². The number of sulfonamides is 1. The predicted molar refractivity (Wildman–Crippen MR) is 92.0 cm³/mol. The molecule has 1 saturated heterocycles. The maximum atomic E-state index is 11.4. The molecule has 0 unspecified atom stereocenters. The Hall–Kier alpha value is -1.87. The molecule has 0 aromatic carbocycles. The maximum absolute atomic E-state index is 11.4. The van der Waals surface area contributed by atoms with Crippen molar-refractivity contribution < 1.29 is 23.1 Å². The lowest BCUT2D eigenvalue weighted by Gasteiger charge is -2.28. The average Bonchev–Trinajstić information content (AvgIpc) is 2.79. The molecule has 140 valence electrons. The minimum Gasteiger partial charge on any atom is -0.477 e. The number of carbonyl (C=O) groups is 1. The van der Waals surface area contributed by atoms with E-state index in [2.05, 4.69) is 4.98 Å². The molecule has 1 aromatic heterocycles. The van der Waals surface area contributed by atoms with Crippen LogP contribution in [-0.2, 0) is 10.0 Å². The zero-order valence-corrected chi connectivity index (χ0v) is 15.5. The van der Waals surface area contributed by atoms with E-state index in [0.717, 1.165) is 24.8 Å². The van der Waals surface area contributed by atoms with E-state index in [1.807, 2.05) is 13.8 Å². The SMILES string of the molecule is Cc1ccc(S(N)(=O)=O)nc1OCCC[C@@H]1CN(C(=O)O)C(C)(C)C1. The van der Waals surface area contributed by atoms with Crippen molar-refractivity contribution in [3.8, 4) is 5.88 Å². The first kappa shape index (κ1) is 19.5. The highest BCUT2D eigenvalue weighted by atomic mass is 32.2. The molecule has 2 heterocycles. The number of nitrogens with zero attached hydrogens (tertiary/aromatic N) is 2. The molecule has 8 nitrogen and oxygen atoms in total. The summed E-state index contributed by atoms with van der Waals surface area (Å²) in [6.07, 6.45) is 1.50. The standard InChI is InChI=1S/C16H25N3O5S/c1-11-6-7-13(25(17,22)23)18-14(11)24-8-4-5-12-9-16(2,3)19(10-12)15(20)21/h6-7,12H,4-5,8-10H2,1-3H3,(H,20,21)(H2,17,22,23)/t12-/m0/s1. The Bertz CT molecular complexity index is 748. The smallest absolute Gasteiger partial charge is 0.407 e. The van der Waals surface area contributed by atoms with Crippen LogP contribution in [0.4, 0.5) is 4.79 Å². The molecule has 1 aliphatic heterocycles. The molecule has 1 aliphatic rings. The van der Waals surface area contributed by atoms with Crippen molar-refractivity contribution in [3.05, 3.63) is 17.7 Å². The van der Waals surface area contributed by atoms with Crippen LogP contribution in [0.2, 0.25) is 0 Å². The van der Waals surface area contributed by atoms with Crippen LogP contribution in [0.1, 0.15) is 38.7 Å². The fourth-order valence-corrected chi connectivity index (χ4v) is 3.72. The molecule has 0 spiro atoms. The lowest BCUT2D eigenvalue weighted by atomic mass is 9.93. The van der Waals surface area contributed by atoms with Gasteiger partial charge in [-0.25, -0.2) is 23.3 Å². The normalized spacial score (nSPS) is 19.8. The van der Waals surface area contributed by atoms with E-state index < -0.39 is 16.1 Å². The first-order valence-electron chi connectivity index (χ1n) is 8.14. The topological polar surface area (TPSA) is 123 Å². The third-order valence-electron chi connectivity index (χ3n) is 4.50. The number of pyridine rings is 1. The second-order valence-electron chi connectivity index (χ2n) is 7.08. The van der Waals surface area contributed by atoms with Crippen molar-refractivity contribution in [2.45, 2.75) is 50.6 Å². The Kier molecular flexibility index (Phi) is 5.58. The minimum atomic E-state index is -3.87. The number of likely N-dealkylation sites (tertiary alicyclic amines) is 1. The van der Waals surface area contributed by atoms with Gasteiger partial charge in [0.1, 0.15) is 0 Å². The van der Waals surface area contributed by atoms with Gasteiger partial charge in [0.15, 0.2) is 5.03 Å². The van der Waals surface area contributed by atoms with Crippen LogP contribution < -0.4 is 9.88 Å². The van der Waals surface area contributed by atoms with Crippen LogP contribution >= 0.6 is 0 Å². The van der Waals surface area contributed by atoms with E-state index >= 15 is 0 Å². The summed E-state index contributed by atoms with van der Waals surface area (Å²) in [5, 5.41) is 14.1. The molecule has 0 aliphatic carbocycles. The van der Waals surface area contributed by atoms with Gasteiger partial charge in [0, 0.05) is 17.6 Å². The van der Waals surface area contributed by atoms with Crippen LogP contribution in [0.5, 0.6) is 5.88 Å². The summed E-state index contributed by atoms with van der Waals surface area (Å²) in [5.74, 6) is 0.546. The molecular weight excluding hydrogens is 346 g/mol. The van der Waals surface area contributed by atoms with Gasteiger partial charge in [-0.3, -0.25) is 0 Å². The molecular formula is C16H25N3O5S. The summed E-state index contributed by atoms with van der Waals surface area (Å²) in [7, 11) is -3.87. The highest BCUT2D eigenvalue weighted by molar-refractivity contribution is 7.89. The van der Waals surface area contributed by atoms with Crippen LogP contribution in [-0.4, -0.2) is 48.2 Å². The van der Waals surface area contributed by atoms with Crippen molar-refractivity contribution >= 4 is 16.1 Å². The van der Waals surface area contributed by atoms with Crippen molar-refractivity contribution in [2.75, 3.05) is 13.2 Å². The molecule has 0 radical (unpaired) electrons. The number of amides is 1. The summed E-state index contributed by atoms with van der Waals surface area (Å²) in [6.45, 7) is 6.55. The Morgan fingerprint density at radius 2 is 2.16 bits per heavy atom. The van der Waals surface area contributed by atoms with Crippen LogP contribution in [0.3, 0.4) is 0 Å². The Morgan fingerprint density at radius 3 is 2.72 bits per heavy atom. The van der Waals surface area contributed by atoms with Crippen molar-refractivity contribution in [1.82, 2.24) is 9.88 Å². The number of carboxylic acid groups (broad SMARTS) is 1. The molecule has 0 bridgehead atoms. The van der Waals surface area contributed by atoms with Gasteiger partial charge in [-0.15, -0.1) is 0 Å². The van der Waals surface area contributed by atoms with E-state index in [4.69, 9.17) is 9.88 Å². The Balaban J connectivity index is 1.87. The van der Waals surface area contributed by atoms with Gasteiger partial charge in [0.05, 0.1) is 6.61 Å². The molecule has 1 atom stereocenters. The monoisotopic (exact) mass is 371 g/mol. The number of hydrogen-bond donors (Lipinski definition) is 2. The number of aromatic nitrogens is 1. The molecule has 1 fully saturated rings. The second-order valence-corrected chi connectivity index (χ2v) is 8.59. The van der Waals surface area contributed by atoms with E-state index in [-0.39, 0.29) is 16.4 Å². The Labute approximate surface area is 148 Å². The van der Waals surface area contributed by atoms with Gasteiger partial charge in [0.2, 0.25) is 5.88 Å². The average molecular weight is 371 g/mol. The molecule has 3 N–H and O–H groups in total. The van der Waals surface area contributed by atoms with Crippen LogP contribution in [0, 0.1) is 12.8 Å². The third kappa shape index (κ3) is 4.82. The van der Waals surface area contributed by atoms with Gasteiger partial charge < -0.3 is 14.7 Å². The molecule has 25 heavy (non-hydrogen) atoms. The summed E-state index contributed by atoms with van der Waals surface area (Å²) in [6, 6.07) is 2.95. The number of hydrogen-bond acceptors (Lipinski definition) is 5. The van der Waals surface area contributed by atoms with E-state index in [1.54, 1.807) is 13.0 Å². The fourth-order valence-electron chi connectivity index (χ4n) is 3.26. The fraction of sp³-hybridized carbons (Fsp3) is 0.625. The maximum Gasteiger partial charge on any atom is 0.407 e. The van der Waals surface area contributed by atoms with Crippen LogP contribution in [0.25, 0.3) is 0 Å². The third-order valence-corrected chi connectivity index (χ3v) is 5.31. The zero-order valence-electron chi connectivity index (χ0n) is 14.7. The number of primary sulfonamides is 1. The van der Waals surface area contributed by atoms with Gasteiger partial charge in [-0.1, -0.05) is 6.07 Å². The van der Waals surface area contributed by atoms with Gasteiger partial charge in [-0.05, 0) is 52.0 Å². The van der Waals surface area contributed by atoms with E-state index in [9.17, 15) is 18.3 Å². The summed E-state index contributed by atoms with van der Waals surface area (Å²) < 4.78 is 28.3. The quantitative estimate of drug-likeness (QED) is 0.737. The Morgan fingerprint density at radius 1 is 1.48 bits per heavy atom. The van der Waals surface area contributed by atoms with Gasteiger partial charge >= 0.3 is 6.09 Å². The van der Waals surface area contributed by atoms with E-state index in [0.29, 0.717) is 19.1 Å². The van der Waals surface area contributed by atoms with Crippen molar-refractivity contribution in [1.29, 1.82) is 0 Å². The first-order chi connectivity index (χ1) is 11.5. The number of ether oxygens (including phenoxy) is 1. The molecule has 1 amide bonds. The number of nitrogens with two attached hydrogens (primary N) is 1. The van der Waals surface area contributed by atoms with E-state index in [1.165, 1.54) is 11.0 Å². The first-order valence-corrected chi connectivity index (χ1v) is 9.69. The van der Waals surface area contributed by atoms with Gasteiger partial charge in [0.25, 0.3) is 10.0 Å². The second kappa shape index (κ2) is 7.17. The largest absolute Gasteiger partial charge is 0.477 e.